The maximum atomic E-state index is 13.1. The van der Waals surface area contributed by atoms with Gasteiger partial charge in [-0.2, -0.15) is 0 Å². The molecule has 2 heteroatoms. The monoisotopic (exact) mass is 333 g/mol. The molecule has 2 nitrogen and oxygen atoms in total. The van der Waals surface area contributed by atoms with E-state index in [0.29, 0.717) is 5.56 Å². The molecule has 0 radical (unpaired) electrons. The number of benzene rings is 3. The third kappa shape index (κ3) is 2.20. The SMILES string of the molecule is O=C1c2ccccc2-c2cc(-c3ccccc3)nc(-c3ccccc3)c21. The van der Waals surface area contributed by atoms with Crippen LogP contribution in [-0.4, -0.2) is 10.8 Å². The summed E-state index contributed by atoms with van der Waals surface area (Å²) in [6, 6.07) is 29.9. The molecule has 122 valence electrons. The Hall–Kier alpha value is -3.52. The first kappa shape index (κ1) is 14.8. The standard InChI is InChI=1S/C24H15NO/c26-24-19-14-8-7-13-18(19)20-15-21(16-9-3-1-4-10-16)25-23(22(20)24)17-11-5-2-6-12-17/h1-15H. The summed E-state index contributed by atoms with van der Waals surface area (Å²) >= 11 is 0. The van der Waals surface area contributed by atoms with Gasteiger partial charge >= 0.3 is 0 Å². The average molecular weight is 333 g/mol. The Kier molecular flexibility index (Phi) is 3.29. The molecule has 0 bridgehead atoms. The molecule has 0 aliphatic heterocycles. The third-order valence-corrected chi connectivity index (χ3v) is 4.83. The van der Waals surface area contributed by atoms with Crippen LogP contribution in [0.25, 0.3) is 33.6 Å². The van der Waals surface area contributed by atoms with Gasteiger partial charge in [-0.25, -0.2) is 4.98 Å². The van der Waals surface area contributed by atoms with Crippen LogP contribution in [0.2, 0.25) is 0 Å². The molecule has 0 saturated heterocycles. The van der Waals surface area contributed by atoms with Crippen LogP contribution < -0.4 is 0 Å². The second-order valence-corrected chi connectivity index (χ2v) is 6.39. The fourth-order valence-electron chi connectivity index (χ4n) is 3.60. The van der Waals surface area contributed by atoms with Crippen molar-refractivity contribution >= 4 is 5.78 Å². The van der Waals surface area contributed by atoms with Gasteiger partial charge in [0.25, 0.3) is 0 Å². The van der Waals surface area contributed by atoms with Crippen molar-refractivity contribution in [1.29, 1.82) is 0 Å². The van der Waals surface area contributed by atoms with E-state index in [4.69, 9.17) is 4.98 Å². The van der Waals surface area contributed by atoms with E-state index >= 15 is 0 Å². The highest BCUT2D eigenvalue weighted by atomic mass is 16.1. The molecule has 0 unspecified atom stereocenters. The Bertz CT molecular complexity index is 1130. The van der Waals surface area contributed by atoms with Crippen LogP contribution in [0.1, 0.15) is 15.9 Å². The minimum atomic E-state index is 0.0570. The van der Waals surface area contributed by atoms with Gasteiger partial charge in [-0.05, 0) is 17.2 Å². The first-order chi connectivity index (χ1) is 12.8. The number of nitrogens with zero attached hydrogens (tertiary/aromatic N) is 1. The molecule has 0 N–H and O–H groups in total. The molecule has 0 saturated carbocycles. The number of ketones is 1. The molecular formula is C24H15NO. The van der Waals surface area contributed by atoms with E-state index in [1.54, 1.807) is 0 Å². The second kappa shape index (κ2) is 5.78. The number of rotatable bonds is 2. The Labute approximate surface area is 151 Å². The number of pyridine rings is 1. The molecule has 0 spiro atoms. The normalized spacial score (nSPS) is 11.9. The largest absolute Gasteiger partial charge is 0.288 e. The average Bonchev–Trinajstić information content (AvgIpc) is 3.01. The van der Waals surface area contributed by atoms with Gasteiger partial charge in [-0.3, -0.25) is 4.79 Å². The fourth-order valence-corrected chi connectivity index (χ4v) is 3.60. The Morgan fingerprint density at radius 2 is 1.15 bits per heavy atom. The lowest BCUT2D eigenvalue weighted by Crippen LogP contribution is -2.01. The lowest BCUT2D eigenvalue weighted by molar-refractivity contribution is 0.104. The molecule has 3 aromatic carbocycles. The van der Waals surface area contributed by atoms with Gasteiger partial charge in [0.1, 0.15) is 0 Å². The minimum Gasteiger partial charge on any atom is -0.288 e. The summed E-state index contributed by atoms with van der Waals surface area (Å²) in [7, 11) is 0. The predicted molar refractivity (Wildman–Crippen MR) is 104 cm³/mol. The van der Waals surface area contributed by atoms with E-state index in [2.05, 4.69) is 0 Å². The fraction of sp³-hybridized carbons (Fsp3) is 0. The van der Waals surface area contributed by atoms with Crippen molar-refractivity contribution < 1.29 is 4.79 Å². The maximum Gasteiger partial charge on any atom is 0.196 e. The van der Waals surface area contributed by atoms with Gasteiger partial charge in [0.2, 0.25) is 0 Å². The molecule has 0 atom stereocenters. The molecule has 0 fully saturated rings. The highest BCUT2D eigenvalue weighted by molar-refractivity contribution is 6.24. The summed E-state index contributed by atoms with van der Waals surface area (Å²) in [5.74, 6) is 0.0570. The summed E-state index contributed by atoms with van der Waals surface area (Å²) < 4.78 is 0. The number of aromatic nitrogens is 1. The maximum absolute atomic E-state index is 13.1. The van der Waals surface area contributed by atoms with Gasteiger partial charge in [0, 0.05) is 16.7 Å². The Morgan fingerprint density at radius 3 is 1.85 bits per heavy atom. The summed E-state index contributed by atoms with van der Waals surface area (Å²) in [6.07, 6.45) is 0. The van der Waals surface area contributed by atoms with Gasteiger partial charge in [-0.1, -0.05) is 84.9 Å². The highest BCUT2D eigenvalue weighted by Gasteiger charge is 2.31. The zero-order valence-electron chi connectivity index (χ0n) is 14.0. The van der Waals surface area contributed by atoms with Crippen LogP contribution in [0.5, 0.6) is 0 Å². The summed E-state index contributed by atoms with van der Waals surface area (Å²) in [4.78, 5) is 18.0. The quantitative estimate of drug-likeness (QED) is 0.419. The summed E-state index contributed by atoms with van der Waals surface area (Å²) in [5, 5.41) is 0. The van der Waals surface area contributed by atoms with E-state index in [9.17, 15) is 4.79 Å². The smallest absolute Gasteiger partial charge is 0.196 e. The molecule has 26 heavy (non-hydrogen) atoms. The van der Waals surface area contributed by atoms with E-state index in [1.807, 2.05) is 91.0 Å². The number of hydrogen-bond donors (Lipinski definition) is 0. The van der Waals surface area contributed by atoms with E-state index in [0.717, 1.165) is 39.2 Å². The number of fused-ring (bicyclic) bond motifs is 3. The van der Waals surface area contributed by atoms with Crippen LogP contribution in [0.15, 0.2) is 91.0 Å². The summed E-state index contributed by atoms with van der Waals surface area (Å²) in [5.41, 5.74) is 7.06. The topological polar surface area (TPSA) is 30.0 Å². The van der Waals surface area contributed by atoms with Crippen LogP contribution in [0.4, 0.5) is 0 Å². The molecule has 1 heterocycles. The first-order valence-corrected chi connectivity index (χ1v) is 8.63. The molecule has 0 amide bonds. The molecular weight excluding hydrogens is 318 g/mol. The number of hydrogen-bond acceptors (Lipinski definition) is 2. The van der Waals surface area contributed by atoms with Crippen LogP contribution in [0.3, 0.4) is 0 Å². The van der Waals surface area contributed by atoms with Crippen molar-refractivity contribution in [2.45, 2.75) is 0 Å². The number of carbonyl (C=O) groups is 1. The predicted octanol–water partition coefficient (Wildman–Crippen LogP) is 5.63. The van der Waals surface area contributed by atoms with Crippen molar-refractivity contribution in [3.05, 3.63) is 102 Å². The van der Waals surface area contributed by atoms with Gasteiger partial charge < -0.3 is 0 Å². The van der Waals surface area contributed by atoms with Crippen molar-refractivity contribution in [3.63, 3.8) is 0 Å². The molecule has 5 rings (SSSR count). The van der Waals surface area contributed by atoms with Crippen LogP contribution in [0, 0.1) is 0 Å². The second-order valence-electron chi connectivity index (χ2n) is 6.39. The molecule has 4 aromatic rings. The molecule has 1 aliphatic carbocycles. The zero-order chi connectivity index (χ0) is 17.5. The minimum absolute atomic E-state index is 0.0570. The van der Waals surface area contributed by atoms with E-state index in [1.165, 1.54) is 0 Å². The lowest BCUT2D eigenvalue weighted by atomic mass is 9.98. The van der Waals surface area contributed by atoms with Crippen molar-refractivity contribution in [2.75, 3.05) is 0 Å². The van der Waals surface area contributed by atoms with Gasteiger partial charge in [-0.15, -0.1) is 0 Å². The van der Waals surface area contributed by atoms with E-state index in [-0.39, 0.29) is 5.78 Å². The third-order valence-electron chi connectivity index (χ3n) is 4.83. The van der Waals surface area contributed by atoms with Crippen molar-refractivity contribution in [1.82, 2.24) is 4.98 Å². The van der Waals surface area contributed by atoms with Gasteiger partial charge in [0.15, 0.2) is 5.78 Å². The molecule has 1 aromatic heterocycles. The zero-order valence-corrected chi connectivity index (χ0v) is 14.0. The summed E-state index contributed by atoms with van der Waals surface area (Å²) in [6.45, 7) is 0. The number of carbonyl (C=O) groups excluding carboxylic acids is 1. The lowest BCUT2D eigenvalue weighted by Gasteiger charge is -2.11. The van der Waals surface area contributed by atoms with Crippen LogP contribution >= 0.6 is 0 Å². The Morgan fingerprint density at radius 1 is 0.577 bits per heavy atom. The van der Waals surface area contributed by atoms with Crippen LogP contribution in [-0.2, 0) is 0 Å². The van der Waals surface area contributed by atoms with Crippen molar-refractivity contribution in [3.8, 4) is 33.6 Å². The Balaban J connectivity index is 1.85. The molecule has 1 aliphatic rings. The first-order valence-electron chi connectivity index (χ1n) is 8.63. The highest BCUT2D eigenvalue weighted by Crippen LogP contribution is 2.42. The van der Waals surface area contributed by atoms with E-state index < -0.39 is 0 Å². The van der Waals surface area contributed by atoms with Gasteiger partial charge in [0.05, 0.1) is 17.0 Å². The van der Waals surface area contributed by atoms with Crippen molar-refractivity contribution in [2.24, 2.45) is 0 Å².